The molecule has 2 aromatic heterocycles. The van der Waals surface area contributed by atoms with Gasteiger partial charge in [-0.1, -0.05) is 17.8 Å². The van der Waals surface area contributed by atoms with Gasteiger partial charge >= 0.3 is 0 Å². The number of hydrogen-bond donors (Lipinski definition) is 1. The highest BCUT2D eigenvalue weighted by Gasteiger charge is 2.04. The SMILES string of the molecule is Cc1csc(SCc2cccnc2CN)n1. The van der Waals surface area contributed by atoms with Crippen molar-refractivity contribution in [2.75, 3.05) is 0 Å². The van der Waals surface area contributed by atoms with Crippen LogP contribution in [0, 0.1) is 6.92 Å². The van der Waals surface area contributed by atoms with Crippen LogP contribution >= 0.6 is 23.1 Å². The molecule has 0 fully saturated rings. The third kappa shape index (κ3) is 2.81. The van der Waals surface area contributed by atoms with Gasteiger partial charge in [0.05, 0.1) is 5.69 Å². The number of thiazole rings is 1. The average molecular weight is 251 g/mol. The molecule has 0 aliphatic rings. The van der Waals surface area contributed by atoms with Crippen molar-refractivity contribution >= 4 is 23.1 Å². The van der Waals surface area contributed by atoms with E-state index >= 15 is 0 Å². The lowest BCUT2D eigenvalue weighted by atomic mass is 10.2. The standard InChI is InChI=1S/C11H13N3S2/c1-8-6-15-11(14-8)16-7-9-3-2-4-13-10(9)5-12/h2-4,6H,5,7,12H2,1H3. The summed E-state index contributed by atoms with van der Waals surface area (Å²) in [6, 6.07) is 4.02. The minimum Gasteiger partial charge on any atom is -0.325 e. The van der Waals surface area contributed by atoms with Crippen molar-refractivity contribution < 1.29 is 0 Å². The van der Waals surface area contributed by atoms with Crippen LogP contribution in [-0.4, -0.2) is 9.97 Å². The van der Waals surface area contributed by atoms with Crippen molar-refractivity contribution in [3.63, 3.8) is 0 Å². The Kier molecular flexibility index (Phi) is 3.93. The van der Waals surface area contributed by atoms with Gasteiger partial charge in [0.1, 0.15) is 4.34 Å². The Morgan fingerprint density at radius 2 is 2.38 bits per heavy atom. The first-order valence-corrected chi connectivity index (χ1v) is 6.84. The third-order valence-corrected chi connectivity index (χ3v) is 4.31. The molecule has 2 N–H and O–H groups in total. The fourth-order valence-corrected chi connectivity index (χ4v) is 3.19. The summed E-state index contributed by atoms with van der Waals surface area (Å²) in [5.74, 6) is 0.882. The molecule has 5 heteroatoms. The zero-order chi connectivity index (χ0) is 11.4. The molecule has 0 saturated heterocycles. The van der Waals surface area contributed by atoms with Crippen LogP contribution in [0.5, 0.6) is 0 Å². The van der Waals surface area contributed by atoms with Crippen LogP contribution in [0.4, 0.5) is 0 Å². The molecule has 0 unspecified atom stereocenters. The molecule has 0 spiro atoms. The third-order valence-electron chi connectivity index (χ3n) is 2.13. The maximum Gasteiger partial charge on any atom is 0.150 e. The maximum atomic E-state index is 5.64. The van der Waals surface area contributed by atoms with Crippen molar-refractivity contribution in [1.29, 1.82) is 0 Å². The first-order valence-electron chi connectivity index (χ1n) is 4.97. The molecule has 2 heterocycles. The van der Waals surface area contributed by atoms with Gasteiger partial charge in [0.2, 0.25) is 0 Å². The van der Waals surface area contributed by atoms with Gasteiger partial charge in [0.15, 0.2) is 0 Å². The minimum absolute atomic E-state index is 0.494. The summed E-state index contributed by atoms with van der Waals surface area (Å²) >= 11 is 3.42. The quantitative estimate of drug-likeness (QED) is 0.849. The van der Waals surface area contributed by atoms with Gasteiger partial charge in [0, 0.05) is 29.6 Å². The van der Waals surface area contributed by atoms with Gasteiger partial charge in [-0.15, -0.1) is 11.3 Å². The van der Waals surface area contributed by atoms with E-state index in [1.54, 1.807) is 29.3 Å². The van der Waals surface area contributed by atoms with E-state index in [1.807, 2.05) is 13.0 Å². The Morgan fingerprint density at radius 3 is 3.06 bits per heavy atom. The fourth-order valence-electron chi connectivity index (χ4n) is 1.32. The van der Waals surface area contributed by atoms with Crippen molar-refractivity contribution in [2.45, 2.75) is 23.6 Å². The number of thioether (sulfide) groups is 1. The van der Waals surface area contributed by atoms with E-state index in [4.69, 9.17) is 5.73 Å². The Morgan fingerprint density at radius 1 is 1.50 bits per heavy atom. The second kappa shape index (κ2) is 5.43. The number of pyridine rings is 1. The van der Waals surface area contributed by atoms with E-state index in [9.17, 15) is 0 Å². The number of nitrogens with zero attached hydrogens (tertiary/aromatic N) is 2. The Labute approximate surface area is 103 Å². The number of hydrogen-bond acceptors (Lipinski definition) is 5. The highest BCUT2D eigenvalue weighted by atomic mass is 32.2. The Bertz CT molecular complexity index is 468. The maximum absolute atomic E-state index is 5.64. The minimum atomic E-state index is 0.494. The van der Waals surface area contributed by atoms with Gasteiger partial charge < -0.3 is 5.73 Å². The number of aryl methyl sites for hydroxylation is 1. The van der Waals surface area contributed by atoms with E-state index in [2.05, 4.69) is 21.4 Å². The smallest absolute Gasteiger partial charge is 0.150 e. The fraction of sp³-hybridized carbons (Fsp3) is 0.273. The van der Waals surface area contributed by atoms with Crippen molar-refractivity contribution in [2.24, 2.45) is 5.73 Å². The molecule has 0 radical (unpaired) electrons. The molecule has 2 aromatic rings. The molecule has 0 saturated carbocycles. The largest absolute Gasteiger partial charge is 0.325 e. The zero-order valence-corrected chi connectivity index (χ0v) is 10.6. The summed E-state index contributed by atoms with van der Waals surface area (Å²) in [6.07, 6.45) is 1.78. The summed E-state index contributed by atoms with van der Waals surface area (Å²) in [7, 11) is 0. The summed E-state index contributed by atoms with van der Waals surface area (Å²) in [5.41, 5.74) is 8.89. The molecule has 0 aromatic carbocycles. The molecule has 0 atom stereocenters. The zero-order valence-electron chi connectivity index (χ0n) is 9.01. The summed E-state index contributed by atoms with van der Waals surface area (Å²) in [6.45, 7) is 2.50. The Hall–Kier alpha value is -0.910. The van der Waals surface area contributed by atoms with Gasteiger partial charge in [-0.25, -0.2) is 4.98 Å². The molecule has 0 amide bonds. The molecular formula is C11H13N3S2. The summed E-state index contributed by atoms with van der Waals surface area (Å²) < 4.78 is 1.10. The summed E-state index contributed by atoms with van der Waals surface area (Å²) in [5, 5.41) is 2.06. The number of aromatic nitrogens is 2. The van der Waals surface area contributed by atoms with E-state index < -0.39 is 0 Å². The molecule has 0 bridgehead atoms. The highest BCUT2D eigenvalue weighted by molar-refractivity contribution is 8.00. The van der Waals surface area contributed by atoms with Crippen molar-refractivity contribution in [1.82, 2.24) is 9.97 Å². The lowest BCUT2D eigenvalue weighted by molar-refractivity contribution is 0.964. The molecule has 16 heavy (non-hydrogen) atoms. The van der Waals surface area contributed by atoms with Crippen molar-refractivity contribution in [3.8, 4) is 0 Å². The first-order chi connectivity index (χ1) is 7.79. The van der Waals surface area contributed by atoms with E-state index in [1.165, 1.54) is 5.56 Å². The summed E-state index contributed by atoms with van der Waals surface area (Å²) in [4.78, 5) is 8.67. The van der Waals surface area contributed by atoms with Crippen LogP contribution in [-0.2, 0) is 12.3 Å². The topological polar surface area (TPSA) is 51.8 Å². The molecule has 2 rings (SSSR count). The number of rotatable bonds is 4. The second-order valence-corrected chi connectivity index (χ2v) is 5.44. The second-order valence-electron chi connectivity index (χ2n) is 3.36. The van der Waals surface area contributed by atoms with Gasteiger partial charge in [-0.05, 0) is 18.6 Å². The molecule has 0 aliphatic carbocycles. The van der Waals surface area contributed by atoms with Crippen molar-refractivity contribution in [3.05, 3.63) is 40.7 Å². The predicted molar refractivity (Wildman–Crippen MR) is 68.5 cm³/mol. The van der Waals surface area contributed by atoms with E-state index in [0.717, 1.165) is 21.5 Å². The average Bonchev–Trinajstić information content (AvgIpc) is 2.73. The van der Waals surface area contributed by atoms with Crippen LogP contribution in [0.15, 0.2) is 28.0 Å². The van der Waals surface area contributed by atoms with Gasteiger partial charge in [-0.2, -0.15) is 0 Å². The van der Waals surface area contributed by atoms with Crippen LogP contribution in [0.25, 0.3) is 0 Å². The Balaban J connectivity index is 2.04. The van der Waals surface area contributed by atoms with Gasteiger partial charge in [0.25, 0.3) is 0 Å². The monoisotopic (exact) mass is 251 g/mol. The van der Waals surface area contributed by atoms with E-state index in [0.29, 0.717) is 6.54 Å². The van der Waals surface area contributed by atoms with E-state index in [-0.39, 0.29) is 0 Å². The molecular weight excluding hydrogens is 238 g/mol. The normalized spacial score (nSPS) is 10.6. The van der Waals surface area contributed by atoms with Crippen LogP contribution in [0.2, 0.25) is 0 Å². The van der Waals surface area contributed by atoms with Crippen LogP contribution in [0.1, 0.15) is 17.0 Å². The highest BCUT2D eigenvalue weighted by Crippen LogP contribution is 2.26. The van der Waals surface area contributed by atoms with Crippen LogP contribution < -0.4 is 5.73 Å². The number of nitrogens with two attached hydrogens (primary N) is 1. The molecule has 0 aliphatic heterocycles. The lowest BCUT2D eigenvalue weighted by Crippen LogP contribution is -2.03. The molecule has 3 nitrogen and oxygen atoms in total. The first kappa shape index (κ1) is 11.6. The van der Waals surface area contributed by atoms with Crippen LogP contribution in [0.3, 0.4) is 0 Å². The lowest BCUT2D eigenvalue weighted by Gasteiger charge is -2.04. The van der Waals surface area contributed by atoms with Gasteiger partial charge in [-0.3, -0.25) is 4.98 Å². The predicted octanol–water partition coefficient (Wildman–Crippen LogP) is 2.60. The molecule has 84 valence electrons.